The summed E-state index contributed by atoms with van der Waals surface area (Å²) in [6, 6.07) is 13.9. The first kappa shape index (κ1) is 16.2. The van der Waals surface area contributed by atoms with Crippen molar-refractivity contribution in [2.45, 2.75) is 4.90 Å². The van der Waals surface area contributed by atoms with Gasteiger partial charge in [0.1, 0.15) is 16.5 Å². The second-order valence-electron chi connectivity index (χ2n) is 5.07. The van der Waals surface area contributed by atoms with E-state index in [0.717, 1.165) is 11.6 Å². The zero-order valence-electron chi connectivity index (χ0n) is 12.3. The Morgan fingerprint density at radius 1 is 0.875 bits per heavy atom. The molecule has 0 unspecified atom stereocenters. The standard InChI is InChI=1S/C17H12F2N2O2S/c18-14-10-16(24(20,22)23)15(19)9-13(14)17-12(7-4-8-21-17)11-5-2-1-3-6-11/h1-10H,(H2,20,22,23). The van der Waals surface area contributed by atoms with Crippen molar-refractivity contribution in [3.05, 3.63) is 72.4 Å². The number of rotatable bonds is 3. The lowest BCUT2D eigenvalue weighted by molar-refractivity contribution is 0.555. The van der Waals surface area contributed by atoms with Gasteiger partial charge in [0.05, 0.1) is 5.69 Å². The molecule has 3 aromatic rings. The number of aromatic nitrogens is 1. The molecule has 2 N–H and O–H groups in total. The van der Waals surface area contributed by atoms with E-state index in [1.54, 1.807) is 12.1 Å². The summed E-state index contributed by atoms with van der Waals surface area (Å²) in [6.07, 6.45) is 1.45. The minimum absolute atomic E-state index is 0.139. The van der Waals surface area contributed by atoms with E-state index < -0.39 is 26.6 Å². The minimum Gasteiger partial charge on any atom is -0.255 e. The number of halogens is 2. The number of nitrogens with two attached hydrogens (primary N) is 1. The van der Waals surface area contributed by atoms with E-state index in [2.05, 4.69) is 4.98 Å². The summed E-state index contributed by atoms with van der Waals surface area (Å²) in [4.78, 5) is 3.24. The van der Waals surface area contributed by atoms with Gasteiger partial charge in [0.15, 0.2) is 0 Å². The molecule has 0 spiro atoms. The molecule has 24 heavy (non-hydrogen) atoms. The Kier molecular flexibility index (Phi) is 4.13. The fourth-order valence-electron chi connectivity index (χ4n) is 2.40. The van der Waals surface area contributed by atoms with E-state index in [9.17, 15) is 17.2 Å². The van der Waals surface area contributed by atoms with Crippen molar-refractivity contribution in [2.75, 3.05) is 0 Å². The summed E-state index contributed by atoms with van der Waals surface area (Å²) in [5, 5.41) is 4.89. The molecule has 0 saturated heterocycles. The number of pyridine rings is 1. The highest BCUT2D eigenvalue weighted by molar-refractivity contribution is 7.89. The molecule has 0 amide bonds. The molecule has 0 aliphatic rings. The molecule has 1 aromatic heterocycles. The van der Waals surface area contributed by atoms with Crippen molar-refractivity contribution in [1.29, 1.82) is 0 Å². The molecule has 0 aliphatic carbocycles. The summed E-state index contributed by atoms with van der Waals surface area (Å²) in [6.45, 7) is 0. The molecule has 7 heteroatoms. The normalized spacial score (nSPS) is 11.5. The van der Waals surface area contributed by atoms with Crippen LogP contribution in [0.3, 0.4) is 0 Å². The molecule has 0 aliphatic heterocycles. The highest BCUT2D eigenvalue weighted by Crippen LogP contribution is 2.33. The van der Waals surface area contributed by atoms with Crippen LogP contribution in [0, 0.1) is 11.6 Å². The summed E-state index contributed by atoms with van der Waals surface area (Å²) in [5.41, 5.74) is 1.44. The van der Waals surface area contributed by atoms with E-state index >= 15 is 0 Å². The van der Waals surface area contributed by atoms with Gasteiger partial charge in [-0.15, -0.1) is 0 Å². The summed E-state index contributed by atoms with van der Waals surface area (Å²) in [7, 11) is -4.35. The van der Waals surface area contributed by atoms with E-state index in [-0.39, 0.29) is 11.3 Å². The molecule has 0 radical (unpaired) electrons. The van der Waals surface area contributed by atoms with Crippen LogP contribution in [0.1, 0.15) is 0 Å². The average molecular weight is 346 g/mol. The number of benzene rings is 2. The van der Waals surface area contributed by atoms with Gasteiger partial charge in [-0.25, -0.2) is 22.3 Å². The molecule has 3 rings (SSSR count). The van der Waals surface area contributed by atoms with Crippen LogP contribution < -0.4 is 5.14 Å². The van der Waals surface area contributed by atoms with Crippen LogP contribution in [0.15, 0.2) is 65.7 Å². The maximum atomic E-state index is 14.4. The van der Waals surface area contributed by atoms with Gasteiger partial charge in [-0.3, -0.25) is 4.98 Å². The number of hydrogen-bond acceptors (Lipinski definition) is 3. The lowest BCUT2D eigenvalue weighted by Gasteiger charge is -2.11. The molecule has 2 aromatic carbocycles. The van der Waals surface area contributed by atoms with E-state index in [4.69, 9.17) is 5.14 Å². The van der Waals surface area contributed by atoms with Gasteiger partial charge >= 0.3 is 0 Å². The van der Waals surface area contributed by atoms with Crippen molar-refractivity contribution >= 4 is 10.0 Å². The Labute approximate surface area is 137 Å². The van der Waals surface area contributed by atoms with Crippen LogP contribution in [-0.4, -0.2) is 13.4 Å². The first-order valence-corrected chi connectivity index (χ1v) is 8.45. The lowest BCUT2D eigenvalue weighted by Crippen LogP contribution is -2.14. The second kappa shape index (κ2) is 6.10. The van der Waals surface area contributed by atoms with E-state index in [1.807, 2.05) is 30.3 Å². The quantitative estimate of drug-likeness (QED) is 0.790. The minimum atomic E-state index is -4.35. The van der Waals surface area contributed by atoms with E-state index in [0.29, 0.717) is 11.6 Å². The molecular formula is C17H12F2N2O2S. The van der Waals surface area contributed by atoms with Crippen LogP contribution in [0.4, 0.5) is 8.78 Å². The Morgan fingerprint density at radius 3 is 2.25 bits per heavy atom. The van der Waals surface area contributed by atoms with Gasteiger partial charge in [-0.1, -0.05) is 36.4 Å². The number of nitrogens with zero attached hydrogens (tertiary/aromatic N) is 1. The third-order valence-corrected chi connectivity index (χ3v) is 4.40. The fraction of sp³-hybridized carbons (Fsp3) is 0. The predicted octanol–water partition coefficient (Wildman–Crippen LogP) is 3.34. The number of hydrogen-bond donors (Lipinski definition) is 1. The summed E-state index contributed by atoms with van der Waals surface area (Å²) in [5.74, 6) is -2.05. The Hall–Kier alpha value is -2.64. The molecular weight excluding hydrogens is 334 g/mol. The van der Waals surface area contributed by atoms with Crippen LogP contribution in [-0.2, 0) is 10.0 Å². The summed E-state index contributed by atoms with van der Waals surface area (Å²) >= 11 is 0. The molecule has 0 fully saturated rings. The molecule has 4 nitrogen and oxygen atoms in total. The van der Waals surface area contributed by atoms with Gasteiger partial charge in [0.25, 0.3) is 0 Å². The zero-order valence-corrected chi connectivity index (χ0v) is 13.1. The molecule has 0 atom stereocenters. The Morgan fingerprint density at radius 2 is 1.58 bits per heavy atom. The first-order valence-electron chi connectivity index (χ1n) is 6.90. The second-order valence-corrected chi connectivity index (χ2v) is 6.60. The van der Waals surface area contributed by atoms with Gasteiger partial charge in [-0.05, 0) is 23.8 Å². The zero-order chi connectivity index (χ0) is 17.3. The van der Waals surface area contributed by atoms with Crippen LogP contribution >= 0.6 is 0 Å². The molecule has 0 saturated carbocycles. The smallest absolute Gasteiger partial charge is 0.241 e. The van der Waals surface area contributed by atoms with E-state index in [1.165, 1.54) is 6.20 Å². The van der Waals surface area contributed by atoms with Gasteiger partial charge < -0.3 is 0 Å². The van der Waals surface area contributed by atoms with Crippen LogP contribution in [0.2, 0.25) is 0 Å². The largest absolute Gasteiger partial charge is 0.255 e. The SMILES string of the molecule is NS(=O)(=O)c1cc(F)c(-c2ncccc2-c2ccccc2)cc1F. The monoisotopic (exact) mass is 346 g/mol. The van der Waals surface area contributed by atoms with Crippen LogP contribution in [0.5, 0.6) is 0 Å². The maximum Gasteiger partial charge on any atom is 0.241 e. The van der Waals surface area contributed by atoms with Gasteiger partial charge in [0.2, 0.25) is 10.0 Å². The fourth-order valence-corrected chi connectivity index (χ4v) is 3.00. The summed E-state index contributed by atoms with van der Waals surface area (Å²) < 4.78 is 51.1. The van der Waals surface area contributed by atoms with Crippen molar-refractivity contribution in [3.8, 4) is 22.4 Å². The van der Waals surface area contributed by atoms with Crippen molar-refractivity contribution in [3.63, 3.8) is 0 Å². The van der Waals surface area contributed by atoms with Gasteiger partial charge in [0, 0.05) is 17.3 Å². The van der Waals surface area contributed by atoms with Crippen molar-refractivity contribution in [2.24, 2.45) is 5.14 Å². The van der Waals surface area contributed by atoms with Crippen LogP contribution in [0.25, 0.3) is 22.4 Å². The Bertz CT molecular complexity index is 1010. The third-order valence-electron chi connectivity index (χ3n) is 3.48. The van der Waals surface area contributed by atoms with Crippen molar-refractivity contribution in [1.82, 2.24) is 4.98 Å². The first-order chi connectivity index (χ1) is 11.4. The van der Waals surface area contributed by atoms with Crippen molar-refractivity contribution < 1.29 is 17.2 Å². The highest BCUT2D eigenvalue weighted by Gasteiger charge is 2.21. The molecule has 0 bridgehead atoms. The molecule has 1 heterocycles. The number of primary sulfonamides is 1. The average Bonchev–Trinajstić information content (AvgIpc) is 2.56. The molecule has 122 valence electrons. The maximum absolute atomic E-state index is 14.4. The highest BCUT2D eigenvalue weighted by atomic mass is 32.2. The predicted molar refractivity (Wildman–Crippen MR) is 86.4 cm³/mol. The third kappa shape index (κ3) is 3.04. The van der Waals surface area contributed by atoms with Gasteiger partial charge in [-0.2, -0.15) is 0 Å². The number of sulfonamides is 1. The lowest BCUT2D eigenvalue weighted by atomic mass is 9.99. The topological polar surface area (TPSA) is 73.1 Å². The Balaban J connectivity index is 2.23.